The summed E-state index contributed by atoms with van der Waals surface area (Å²) < 4.78 is 5.33. The Bertz CT molecular complexity index is 139. The maximum Gasteiger partial charge on any atom is 0.0468 e. The Kier molecular flexibility index (Phi) is 4.20. The first kappa shape index (κ1) is 11.0. The number of ether oxygens (including phenoxy) is 1. The second kappa shape index (κ2) is 4.97. The Hall–Kier alpha value is -0.0800. The van der Waals surface area contributed by atoms with Crippen molar-refractivity contribution in [2.24, 2.45) is 17.1 Å². The van der Waals surface area contributed by atoms with E-state index in [0.29, 0.717) is 5.41 Å². The van der Waals surface area contributed by atoms with Gasteiger partial charge in [-0.1, -0.05) is 13.8 Å². The summed E-state index contributed by atoms with van der Waals surface area (Å²) in [6, 6.07) is 0. The van der Waals surface area contributed by atoms with Gasteiger partial charge in [0.1, 0.15) is 0 Å². The lowest BCUT2D eigenvalue weighted by Gasteiger charge is -2.27. The van der Waals surface area contributed by atoms with E-state index in [1.807, 2.05) is 0 Å². The van der Waals surface area contributed by atoms with Gasteiger partial charge in [-0.2, -0.15) is 0 Å². The minimum absolute atomic E-state index is 0.332. The minimum Gasteiger partial charge on any atom is -0.381 e. The average Bonchev–Trinajstić information content (AvgIpc) is 2.17. The third-order valence-electron chi connectivity index (χ3n) is 3.12. The second-order valence-electron chi connectivity index (χ2n) is 4.96. The van der Waals surface area contributed by atoms with E-state index in [1.54, 1.807) is 0 Å². The van der Waals surface area contributed by atoms with E-state index in [9.17, 15) is 0 Å². The highest BCUT2D eigenvalue weighted by molar-refractivity contribution is 4.72. The summed E-state index contributed by atoms with van der Waals surface area (Å²) >= 11 is 0. The number of hydrogen-bond acceptors (Lipinski definition) is 2. The molecule has 0 aromatic rings. The van der Waals surface area contributed by atoms with Crippen LogP contribution in [0.5, 0.6) is 0 Å². The Morgan fingerprint density at radius 3 is 2.46 bits per heavy atom. The van der Waals surface area contributed by atoms with Gasteiger partial charge in [-0.25, -0.2) is 0 Å². The van der Waals surface area contributed by atoms with Crippen LogP contribution in [0.1, 0.15) is 39.5 Å². The van der Waals surface area contributed by atoms with Crippen molar-refractivity contribution >= 4 is 0 Å². The van der Waals surface area contributed by atoms with Crippen molar-refractivity contribution in [2.75, 3.05) is 19.8 Å². The minimum atomic E-state index is 0.332. The number of nitrogens with two attached hydrogens (primary N) is 1. The summed E-state index contributed by atoms with van der Waals surface area (Å²) in [4.78, 5) is 0. The lowest BCUT2D eigenvalue weighted by atomic mass is 9.83. The van der Waals surface area contributed by atoms with E-state index in [1.165, 1.54) is 25.7 Å². The Morgan fingerprint density at radius 1 is 1.31 bits per heavy atom. The smallest absolute Gasteiger partial charge is 0.0468 e. The van der Waals surface area contributed by atoms with Gasteiger partial charge in [0.05, 0.1) is 0 Å². The molecule has 0 atom stereocenters. The number of rotatable bonds is 4. The van der Waals surface area contributed by atoms with E-state index < -0.39 is 0 Å². The maximum atomic E-state index is 5.70. The van der Waals surface area contributed by atoms with Gasteiger partial charge < -0.3 is 10.5 Å². The van der Waals surface area contributed by atoms with Crippen molar-refractivity contribution in [1.82, 2.24) is 0 Å². The molecule has 0 radical (unpaired) electrons. The van der Waals surface area contributed by atoms with Crippen LogP contribution < -0.4 is 5.73 Å². The molecule has 2 heteroatoms. The van der Waals surface area contributed by atoms with Crippen molar-refractivity contribution in [1.29, 1.82) is 0 Å². The molecule has 1 fully saturated rings. The fourth-order valence-electron chi connectivity index (χ4n) is 1.73. The highest BCUT2D eigenvalue weighted by Gasteiger charge is 2.19. The first-order chi connectivity index (χ1) is 6.14. The Morgan fingerprint density at radius 2 is 1.92 bits per heavy atom. The van der Waals surface area contributed by atoms with Gasteiger partial charge in [0.2, 0.25) is 0 Å². The second-order valence-corrected chi connectivity index (χ2v) is 4.96. The van der Waals surface area contributed by atoms with Crippen molar-refractivity contribution < 1.29 is 4.74 Å². The largest absolute Gasteiger partial charge is 0.381 e. The lowest BCUT2D eigenvalue weighted by Crippen LogP contribution is -2.25. The SMILES string of the molecule is CC(C)(CN)CCC1CCOCC1. The fourth-order valence-corrected chi connectivity index (χ4v) is 1.73. The van der Waals surface area contributed by atoms with Gasteiger partial charge in [0.25, 0.3) is 0 Å². The van der Waals surface area contributed by atoms with Gasteiger partial charge in [0, 0.05) is 13.2 Å². The van der Waals surface area contributed by atoms with Gasteiger partial charge in [-0.3, -0.25) is 0 Å². The molecule has 13 heavy (non-hydrogen) atoms. The van der Waals surface area contributed by atoms with Crippen LogP contribution in [-0.2, 0) is 4.74 Å². The summed E-state index contributed by atoms with van der Waals surface area (Å²) in [6.07, 6.45) is 5.09. The van der Waals surface area contributed by atoms with E-state index in [4.69, 9.17) is 10.5 Å². The molecule has 0 aromatic carbocycles. The van der Waals surface area contributed by atoms with Crippen molar-refractivity contribution in [3.8, 4) is 0 Å². The summed E-state index contributed by atoms with van der Waals surface area (Å²) in [6.45, 7) is 7.25. The zero-order chi connectivity index (χ0) is 9.73. The standard InChI is InChI=1S/C11H23NO/c1-11(2,9-12)6-3-10-4-7-13-8-5-10/h10H,3-9,12H2,1-2H3. The van der Waals surface area contributed by atoms with Crippen LogP contribution in [0.3, 0.4) is 0 Å². The van der Waals surface area contributed by atoms with Crippen LogP contribution in [0.25, 0.3) is 0 Å². The molecule has 2 N–H and O–H groups in total. The van der Waals surface area contributed by atoms with Crippen LogP contribution in [-0.4, -0.2) is 19.8 Å². The molecule has 0 aliphatic carbocycles. The molecule has 1 heterocycles. The van der Waals surface area contributed by atoms with E-state index in [-0.39, 0.29) is 0 Å². The zero-order valence-corrected chi connectivity index (χ0v) is 9.01. The van der Waals surface area contributed by atoms with Crippen molar-refractivity contribution in [3.05, 3.63) is 0 Å². The quantitative estimate of drug-likeness (QED) is 0.728. The molecule has 1 aliphatic heterocycles. The normalized spacial score (nSPS) is 20.5. The monoisotopic (exact) mass is 185 g/mol. The Balaban J connectivity index is 2.17. The van der Waals surface area contributed by atoms with E-state index in [0.717, 1.165) is 25.7 Å². The molecular formula is C11H23NO. The number of hydrogen-bond donors (Lipinski definition) is 1. The molecule has 0 unspecified atom stereocenters. The lowest BCUT2D eigenvalue weighted by molar-refractivity contribution is 0.0600. The van der Waals surface area contributed by atoms with Crippen LogP contribution in [0.2, 0.25) is 0 Å². The molecule has 2 nitrogen and oxygen atoms in total. The molecule has 0 spiro atoms. The predicted molar refractivity (Wildman–Crippen MR) is 55.6 cm³/mol. The van der Waals surface area contributed by atoms with Gasteiger partial charge in [0.15, 0.2) is 0 Å². The third-order valence-corrected chi connectivity index (χ3v) is 3.12. The third kappa shape index (κ3) is 4.10. The molecule has 1 aliphatic rings. The molecule has 0 aromatic heterocycles. The molecule has 1 saturated heterocycles. The summed E-state index contributed by atoms with van der Waals surface area (Å²) in [5, 5.41) is 0. The molecule has 0 bridgehead atoms. The maximum absolute atomic E-state index is 5.70. The van der Waals surface area contributed by atoms with Crippen molar-refractivity contribution in [2.45, 2.75) is 39.5 Å². The average molecular weight is 185 g/mol. The van der Waals surface area contributed by atoms with Crippen molar-refractivity contribution in [3.63, 3.8) is 0 Å². The molecule has 1 rings (SSSR count). The zero-order valence-electron chi connectivity index (χ0n) is 9.01. The molecular weight excluding hydrogens is 162 g/mol. The first-order valence-corrected chi connectivity index (χ1v) is 5.42. The van der Waals surface area contributed by atoms with Gasteiger partial charge in [-0.15, -0.1) is 0 Å². The van der Waals surface area contributed by atoms with Crippen LogP contribution >= 0.6 is 0 Å². The van der Waals surface area contributed by atoms with E-state index in [2.05, 4.69) is 13.8 Å². The highest BCUT2D eigenvalue weighted by atomic mass is 16.5. The van der Waals surface area contributed by atoms with Gasteiger partial charge in [-0.05, 0) is 43.6 Å². The summed E-state index contributed by atoms with van der Waals surface area (Å²) in [5.74, 6) is 0.888. The van der Waals surface area contributed by atoms with E-state index >= 15 is 0 Å². The van der Waals surface area contributed by atoms with Crippen LogP contribution in [0, 0.1) is 11.3 Å². The first-order valence-electron chi connectivity index (χ1n) is 5.42. The Labute approximate surface area is 81.8 Å². The predicted octanol–water partition coefficient (Wildman–Crippen LogP) is 2.18. The van der Waals surface area contributed by atoms with Crippen LogP contribution in [0.15, 0.2) is 0 Å². The topological polar surface area (TPSA) is 35.2 Å². The molecule has 78 valence electrons. The summed E-state index contributed by atoms with van der Waals surface area (Å²) in [5.41, 5.74) is 6.03. The highest BCUT2D eigenvalue weighted by Crippen LogP contribution is 2.27. The fraction of sp³-hybridized carbons (Fsp3) is 1.00. The molecule has 0 saturated carbocycles. The van der Waals surface area contributed by atoms with Crippen LogP contribution in [0.4, 0.5) is 0 Å². The summed E-state index contributed by atoms with van der Waals surface area (Å²) in [7, 11) is 0. The van der Waals surface area contributed by atoms with Gasteiger partial charge >= 0.3 is 0 Å². The molecule has 0 amide bonds.